The highest BCUT2D eigenvalue weighted by Gasteiger charge is 2.43. The van der Waals surface area contributed by atoms with Crippen molar-refractivity contribution in [2.45, 2.75) is 25.1 Å². The summed E-state index contributed by atoms with van der Waals surface area (Å²) in [5.74, 6) is -0.0935. The van der Waals surface area contributed by atoms with Gasteiger partial charge in [0, 0.05) is 32.9 Å². The van der Waals surface area contributed by atoms with Gasteiger partial charge in [-0.25, -0.2) is 0 Å². The van der Waals surface area contributed by atoms with Crippen LogP contribution in [0.4, 0.5) is 0 Å². The van der Waals surface area contributed by atoms with Crippen LogP contribution in [-0.4, -0.2) is 58.0 Å². The molecular formula is C21H22N4O3. The first-order valence-electron chi connectivity index (χ1n) is 9.37. The Labute approximate surface area is 163 Å². The van der Waals surface area contributed by atoms with Crippen LogP contribution >= 0.6 is 0 Å². The van der Waals surface area contributed by atoms with E-state index in [1.807, 2.05) is 35.2 Å². The topological polar surface area (TPSA) is 78.6 Å². The smallest absolute Gasteiger partial charge is 0.270 e. The van der Waals surface area contributed by atoms with Crippen molar-refractivity contribution in [2.75, 3.05) is 19.7 Å². The predicted molar refractivity (Wildman–Crippen MR) is 101 cm³/mol. The molecule has 4 rings (SSSR count). The first kappa shape index (κ1) is 18.3. The maximum absolute atomic E-state index is 13.0. The fourth-order valence-corrected chi connectivity index (χ4v) is 4.00. The minimum atomic E-state index is -0.199. The second-order valence-corrected chi connectivity index (χ2v) is 7.28. The first-order valence-corrected chi connectivity index (χ1v) is 9.37. The van der Waals surface area contributed by atoms with E-state index in [-0.39, 0.29) is 24.0 Å². The van der Waals surface area contributed by atoms with Crippen molar-refractivity contribution in [1.82, 2.24) is 14.4 Å². The number of amides is 2. The van der Waals surface area contributed by atoms with Gasteiger partial charge < -0.3 is 19.1 Å². The maximum atomic E-state index is 13.0. The standard InChI is InChI=1S/C21H22N4O3/c1-23-11-16(10-22)9-17(23)21(27)24-13-18-19(14-24)28-8-7-20(26)25(18)12-15-5-3-2-4-6-15/h2-6,9,11,18-19H,7-8,12-14H2,1H3/t18-,19-/m0/s1. The summed E-state index contributed by atoms with van der Waals surface area (Å²) in [6.45, 7) is 1.75. The molecule has 0 saturated carbocycles. The van der Waals surface area contributed by atoms with Crippen molar-refractivity contribution in [2.24, 2.45) is 7.05 Å². The van der Waals surface area contributed by atoms with Gasteiger partial charge in [0.25, 0.3) is 5.91 Å². The van der Waals surface area contributed by atoms with Crippen LogP contribution in [0.15, 0.2) is 42.6 Å². The number of fused-ring (bicyclic) bond motifs is 1. The summed E-state index contributed by atoms with van der Waals surface area (Å²) in [5.41, 5.74) is 1.98. The number of nitriles is 1. The van der Waals surface area contributed by atoms with Gasteiger partial charge in [0.05, 0.1) is 30.7 Å². The van der Waals surface area contributed by atoms with Gasteiger partial charge in [0.2, 0.25) is 5.91 Å². The maximum Gasteiger partial charge on any atom is 0.270 e. The van der Waals surface area contributed by atoms with Crippen molar-refractivity contribution < 1.29 is 14.3 Å². The van der Waals surface area contributed by atoms with E-state index < -0.39 is 0 Å². The molecule has 2 atom stereocenters. The van der Waals surface area contributed by atoms with Crippen molar-refractivity contribution in [3.63, 3.8) is 0 Å². The average molecular weight is 378 g/mol. The molecule has 0 radical (unpaired) electrons. The highest BCUT2D eigenvalue weighted by Crippen LogP contribution is 2.26. The Balaban J connectivity index is 1.56. The highest BCUT2D eigenvalue weighted by molar-refractivity contribution is 5.93. The third-order valence-corrected chi connectivity index (χ3v) is 5.44. The third kappa shape index (κ3) is 3.39. The second kappa shape index (κ2) is 7.49. The molecule has 2 aromatic rings. The molecule has 2 amide bonds. The molecule has 2 saturated heterocycles. The monoisotopic (exact) mass is 378 g/mol. The molecule has 2 aliphatic rings. The molecule has 144 valence electrons. The number of aryl methyl sites for hydroxylation is 1. The quantitative estimate of drug-likeness (QED) is 0.812. The Morgan fingerprint density at radius 1 is 1.29 bits per heavy atom. The summed E-state index contributed by atoms with van der Waals surface area (Å²) >= 11 is 0. The summed E-state index contributed by atoms with van der Waals surface area (Å²) in [4.78, 5) is 29.3. The van der Waals surface area contributed by atoms with Crippen LogP contribution in [0.25, 0.3) is 0 Å². The molecule has 2 aliphatic heterocycles. The zero-order valence-corrected chi connectivity index (χ0v) is 15.7. The second-order valence-electron chi connectivity index (χ2n) is 7.28. The van der Waals surface area contributed by atoms with Crippen molar-refractivity contribution in [3.8, 4) is 6.07 Å². The van der Waals surface area contributed by atoms with Crippen LogP contribution in [0.5, 0.6) is 0 Å². The number of carbonyl (C=O) groups excluding carboxylic acids is 2. The third-order valence-electron chi connectivity index (χ3n) is 5.44. The minimum Gasteiger partial charge on any atom is -0.374 e. The Morgan fingerprint density at radius 3 is 2.79 bits per heavy atom. The first-order chi connectivity index (χ1) is 13.6. The van der Waals surface area contributed by atoms with Crippen molar-refractivity contribution in [1.29, 1.82) is 5.26 Å². The molecule has 0 N–H and O–H groups in total. The van der Waals surface area contributed by atoms with Gasteiger partial charge in [-0.1, -0.05) is 30.3 Å². The fourth-order valence-electron chi connectivity index (χ4n) is 4.00. The lowest BCUT2D eigenvalue weighted by molar-refractivity contribution is -0.133. The lowest BCUT2D eigenvalue weighted by Gasteiger charge is -2.29. The van der Waals surface area contributed by atoms with Gasteiger partial charge in [-0.2, -0.15) is 5.26 Å². The van der Waals surface area contributed by atoms with E-state index in [1.54, 1.807) is 28.8 Å². The Hall–Kier alpha value is -3.11. The molecule has 0 aliphatic carbocycles. The number of carbonyl (C=O) groups is 2. The fraction of sp³-hybridized carbons (Fsp3) is 0.381. The molecule has 7 heteroatoms. The van der Waals surface area contributed by atoms with E-state index >= 15 is 0 Å². The number of rotatable bonds is 3. The Morgan fingerprint density at radius 2 is 2.07 bits per heavy atom. The minimum absolute atomic E-state index is 0.0521. The summed E-state index contributed by atoms with van der Waals surface area (Å²) in [5, 5.41) is 9.07. The molecule has 1 aromatic carbocycles. The van der Waals surface area contributed by atoms with E-state index in [0.29, 0.717) is 43.9 Å². The van der Waals surface area contributed by atoms with Gasteiger partial charge in [-0.05, 0) is 11.6 Å². The van der Waals surface area contributed by atoms with Gasteiger partial charge in [-0.3, -0.25) is 9.59 Å². The molecule has 0 unspecified atom stereocenters. The SMILES string of the molecule is Cn1cc(C#N)cc1C(=O)N1C[C@@H]2OCCC(=O)N(Cc3ccccc3)[C@H]2C1. The lowest BCUT2D eigenvalue weighted by Crippen LogP contribution is -2.45. The van der Waals surface area contributed by atoms with Crippen LogP contribution in [0.1, 0.15) is 28.0 Å². The van der Waals surface area contributed by atoms with Gasteiger partial charge in [0.1, 0.15) is 11.8 Å². The molecule has 7 nitrogen and oxygen atoms in total. The molecule has 3 heterocycles. The molecule has 28 heavy (non-hydrogen) atoms. The number of nitrogens with zero attached hydrogens (tertiary/aromatic N) is 4. The number of likely N-dealkylation sites (tertiary alicyclic amines) is 1. The highest BCUT2D eigenvalue weighted by atomic mass is 16.5. The van der Waals surface area contributed by atoms with Crippen molar-refractivity contribution in [3.05, 3.63) is 59.4 Å². The van der Waals surface area contributed by atoms with Crippen LogP contribution in [0.2, 0.25) is 0 Å². The predicted octanol–water partition coefficient (Wildman–Crippen LogP) is 1.54. The van der Waals surface area contributed by atoms with Crippen LogP contribution in [0, 0.1) is 11.3 Å². The van der Waals surface area contributed by atoms with E-state index in [9.17, 15) is 9.59 Å². The van der Waals surface area contributed by atoms with E-state index in [1.165, 1.54) is 0 Å². The summed E-state index contributed by atoms with van der Waals surface area (Å²) < 4.78 is 7.59. The zero-order chi connectivity index (χ0) is 19.7. The van der Waals surface area contributed by atoms with Crippen LogP contribution < -0.4 is 0 Å². The van der Waals surface area contributed by atoms with Crippen LogP contribution in [-0.2, 0) is 23.1 Å². The van der Waals surface area contributed by atoms with Gasteiger partial charge in [-0.15, -0.1) is 0 Å². The Bertz CT molecular complexity index is 931. The average Bonchev–Trinajstić information content (AvgIpc) is 3.26. The van der Waals surface area contributed by atoms with Crippen LogP contribution in [0.3, 0.4) is 0 Å². The summed E-state index contributed by atoms with van der Waals surface area (Å²) in [7, 11) is 1.75. The molecular weight excluding hydrogens is 356 g/mol. The van der Waals surface area contributed by atoms with E-state index in [4.69, 9.17) is 10.00 Å². The molecule has 0 spiro atoms. The number of hydrogen-bond donors (Lipinski definition) is 0. The summed E-state index contributed by atoms with van der Waals surface area (Å²) in [6, 6.07) is 13.4. The number of benzene rings is 1. The summed E-state index contributed by atoms with van der Waals surface area (Å²) in [6.07, 6.45) is 1.80. The van der Waals surface area contributed by atoms with Crippen molar-refractivity contribution >= 4 is 11.8 Å². The lowest BCUT2D eigenvalue weighted by atomic mass is 10.1. The molecule has 0 bridgehead atoms. The zero-order valence-electron chi connectivity index (χ0n) is 15.7. The van der Waals surface area contributed by atoms with Gasteiger partial charge in [0.15, 0.2) is 0 Å². The molecule has 2 fully saturated rings. The molecule has 1 aromatic heterocycles. The van der Waals surface area contributed by atoms with Gasteiger partial charge >= 0.3 is 0 Å². The normalized spacial score (nSPS) is 21.9. The Kier molecular flexibility index (Phi) is 4.88. The number of ether oxygens (including phenoxy) is 1. The number of aromatic nitrogens is 1. The number of hydrogen-bond acceptors (Lipinski definition) is 4. The van der Waals surface area contributed by atoms with E-state index in [0.717, 1.165) is 5.56 Å². The largest absolute Gasteiger partial charge is 0.374 e. The van der Waals surface area contributed by atoms with E-state index in [2.05, 4.69) is 6.07 Å².